The number of rotatable bonds is 11. The second-order valence-electron chi connectivity index (χ2n) is 19.0. The molecule has 2 aliphatic heterocycles. The van der Waals surface area contributed by atoms with Gasteiger partial charge in [0.25, 0.3) is 5.56 Å². The van der Waals surface area contributed by atoms with Gasteiger partial charge in [0.1, 0.15) is 18.3 Å². The average molecular weight is 743 g/mol. The number of nitrogens with zero attached hydrogens (tertiary/aromatic N) is 2. The molecule has 2 saturated heterocycles. The van der Waals surface area contributed by atoms with Crippen molar-refractivity contribution in [2.75, 3.05) is 6.61 Å². The molecule has 0 bridgehead atoms. The summed E-state index contributed by atoms with van der Waals surface area (Å²) in [6.45, 7) is 25.0. The van der Waals surface area contributed by atoms with Gasteiger partial charge < -0.3 is 18.6 Å². The highest BCUT2D eigenvalue weighted by molar-refractivity contribution is 6.74. The van der Waals surface area contributed by atoms with E-state index in [9.17, 15) is 9.59 Å². The minimum absolute atomic E-state index is 0.00414. The van der Waals surface area contributed by atoms with Crippen LogP contribution in [-0.4, -0.2) is 48.2 Å². The van der Waals surface area contributed by atoms with Gasteiger partial charge in [0.15, 0.2) is 20.3 Å². The van der Waals surface area contributed by atoms with E-state index < -0.39 is 55.7 Å². The standard InChI is InChI=1S/C42H67FN2O6Si/c1-12-19-42(20-13-2)50-35-34(25-48-52(10,11)40(6,7)8)49-38(36(35)51-42)45-24-33(43)37(46)44(39(45)47)23-30-18-21-41(9)31(27(30)5)16-15-29-22-28(26(3)4)14-17-32(29)41/h15,22,24,26-27,30-32,34-36,38H,12-14,16-21,23,25H2,1-11H3/t27-,30?,31-,32-,34+,35?,36-,38+,41-/m0/s1. The van der Waals surface area contributed by atoms with Gasteiger partial charge in [-0.1, -0.05) is 92.9 Å². The van der Waals surface area contributed by atoms with E-state index in [1.165, 1.54) is 16.6 Å². The number of fused-ring (bicyclic) bond motifs is 4. The third-order valence-corrected chi connectivity index (χ3v) is 18.9. The normalized spacial score (nSPS) is 34.5. The zero-order valence-corrected chi connectivity index (χ0v) is 34.9. The van der Waals surface area contributed by atoms with Gasteiger partial charge in [-0.2, -0.15) is 4.39 Å². The third kappa shape index (κ3) is 7.06. The first-order valence-electron chi connectivity index (χ1n) is 20.4. The zero-order valence-electron chi connectivity index (χ0n) is 33.9. The molecule has 1 aromatic rings. The molecule has 9 atom stereocenters. The summed E-state index contributed by atoms with van der Waals surface area (Å²) in [5.74, 6) is 0.130. The molecule has 5 aliphatic rings. The molecule has 3 heterocycles. The van der Waals surface area contributed by atoms with Crippen molar-refractivity contribution in [1.82, 2.24) is 9.13 Å². The maximum atomic E-state index is 15.7. The third-order valence-electron chi connectivity index (χ3n) is 14.4. The van der Waals surface area contributed by atoms with E-state index in [1.807, 2.05) is 0 Å². The van der Waals surface area contributed by atoms with Crippen LogP contribution in [0.4, 0.5) is 4.39 Å². The fraction of sp³-hybridized carbons (Fsp3) is 0.810. The predicted octanol–water partition coefficient (Wildman–Crippen LogP) is 9.14. The van der Waals surface area contributed by atoms with Crippen molar-refractivity contribution in [3.63, 3.8) is 0 Å². The quantitative estimate of drug-likeness (QED) is 0.211. The van der Waals surface area contributed by atoms with E-state index >= 15 is 4.39 Å². The minimum Gasteiger partial charge on any atom is -0.414 e. The molecule has 6 rings (SSSR count). The molecule has 2 unspecified atom stereocenters. The maximum absolute atomic E-state index is 15.7. The lowest BCUT2D eigenvalue weighted by atomic mass is 9.49. The van der Waals surface area contributed by atoms with Gasteiger partial charge in [-0.3, -0.25) is 13.9 Å². The van der Waals surface area contributed by atoms with Gasteiger partial charge in [0.2, 0.25) is 5.82 Å². The Morgan fingerprint density at radius 2 is 1.75 bits per heavy atom. The maximum Gasteiger partial charge on any atom is 0.333 e. The summed E-state index contributed by atoms with van der Waals surface area (Å²) >= 11 is 0. The van der Waals surface area contributed by atoms with Gasteiger partial charge >= 0.3 is 5.69 Å². The number of hydrogen-bond donors (Lipinski definition) is 0. The molecule has 0 aromatic carbocycles. The van der Waals surface area contributed by atoms with Crippen LogP contribution in [0.5, 0.6) is 0 Å². The van der Waals surface area contributed by atoms with E-state index in [4.69, 9.17) is 18.6 Å². The van der Waals surface area contributed by atoms with Crippen molar-refractivity contribution in [1.29, 1.82) is 0 Å². The highest BCUT2D eigenvalue weighted by Crippen LogP contribution is 2.59. The summed E-state index contributed by atoms with van der Waals surface area (Å²) in [6.07, 6.45) is 11.7. The molecule has 0 spiro atoms. The first kappa shape index (κ1) is 39.8. The predicted molar refractivity (Wildman–Crippen MR) is 206 cm³/mol. The monoisotopic (exact) mass is 742 g/mol. The fourth-order valence-electron chi connectivity index (χ4n) is 10.2. The van der Waals surface area contributed by atoms with Crippen LogP contribution >= 0.6 is 0 Å². The van der Waals surface area contributed by atoms with Crippen LogP contribution in [0.25, 0.3) is 0 Å². The van der Waals surface area contributed by atoms with Crippen LogP contribution < -0.4 is 11.2 Å². The molecule has 1 aromatic heterocycles. The van der Waals surface area contributed by atoms with E-state index in [-0.39, 0.29) is 35.4 Å². The van der Waals surface area contributed by atoms with Crippen molar-refractivity contribution >= 4 is 8.32 Å². The Kier molecular flexibility index (Phi) is 11.2. The lowest BCUT2D eigenvalue weighted by molar-refractivity contribution is -0.227. The van der Waals surface area contributed by atoms with Crippen LogP contribution in [0.3, 0.4) is 0 Å². The van der Waals surface area contributed by atoms with Crippen LogP contribution in [0.15, 0.2) is 39.1 Å². The Labute approximate surface area is 312 Å². The first-order valence-corrected chi connectivity index (χ1v) is 23.3. The molecule has 3 aliphatic carbocycles. The van der Waals surface area contributed by atoms with Crippen molar-refractivity contribution in [3.8, 4) is 0 Å². The Morgan fingerprint density at radius 3 is 2.38 bits per heavy atom. The van der Waals surface area contributed by atoms with Gasteiger partial charge in [-0.15, -0.1) is 0 Å². The summed E-state index contributed by atoms with van der Waals surface area (Å²) in [7, 11) is -2.14. The Balaban J connectivity index is 1.28. The Hall–Kier alpha value is -1.85. The molecule has 10 heteroatoms. The highest BCUT2D eigenvalue weighted by atomic mass is 28.4. The summed E-state index contributed by atoms with van der Waals surface area (Å²) in [5.41, 5.74) is 1.80. The molecule has 52 heavy (non-hydrogen) atoms. The molecule has 292 valence electrons. The summed E-state index contributed by atoms with van der Waals surface area (Å²) in [4.78, 5) is 27.9. The van der Waals surface area contributed by atoms with Crippen LogP contribution in [0.2, 0.25) is 18.1 Å². The van der Waals surface area contributed by atoms with Crippen LogP contribution in [0.1, 0.15) is 126 Å². The van der Waals surface area contributed by atoms with Crippen LogP contribution in [0, 0.1) is 40.8 Å². The largest absolute Gasteiger partial charge is 0.414 e. The Bertz CT molecular complexity index is 1650. The molecule has 1 saturated carbocycles. The second-order valence-corrected chi connectivity index (χ2v) is 23.8. The van der Waals surface area contributed by atoms with E-state index in [2.05, 4.69) is 87.6 Å². The fourth-order valence-corrected chi connectivity index (χ4v) is 11.2. The lowest BCUT2D eigenvalue weighted by Gasteiger charge is -2.56. The van der Waals surface area contributed by atoms with Gasteiger partial charge in [0.05, 0.1) is 12.8 Å². The number of allylic oxidation sites excluding steroid dienone is 4. The zero-order chi connectivity index (χ0) is 38.0. The Morgan fingerprint density at radius 1 is 1.08 bits per heavy atom. The average Bonchev–Trinajstić information content (AvgIpc) is 3.59. The van der Waals surface area contributed by atoms with Crippen molar-refractivity contribution in [3.05, 3.63) is 56.2 Å². The van der Waals surface area contributed by atoms with E-state index in [1.54, 1.807) is 5.57 Å². The summed E-state index contributed by atoms with van der Waals surface area (Å²) < 4.78 is 44.9. The number of hydrogen-bond acceptors (Lipinski definition) is 6. The van der Waals surface area contributed by atoms with Crippen LogP contribution in [-0.2, 0) is 25.2 Å². The van der Waals surface area contributed by atoms with Gasteiger partial charge in [-0.05, 0) is 90.8 Å². The second kappa shape index (κ2) is 14.7. The molecule has 0 N–H and O–H groups in total. The van der Waals surface area contributed by atoms with Crippen molar-refractivity contribution in [2.45, 2.75) is 175 Å². The molecular weight excluding hydrogens is 676 g/mol. The molecule has 0 radical (unpaired) electrons. The number of aromatic nitrogens is 2. The highest BCUT2D eigenvalue weighted by Gasteiger charge is 2.59. The summed E-state index contributed by atoms with van der Waals surface area (Å²) in [6, 6.07) is 0. The van der Waals surface area contributed by atoms with Crippen molar-refractivity contribution in [2.24, 2.45) is 35.0 Å². The number of halogens is 1. The number of ether oxygens (including phenoxy) is 3. The molecule has 3 fully saturated rings. The van der Waals surface area contributed by atoms with E-state index in [0.717, 1.165) is 49.3 Å². The lowest BCUT2D eigenvalue weighted by Crippen LogP contribution is -2.51. The molecule has 0 amide bonds. The van der Waals surface area contributed by atoms with Gasteiger partial charge in [-0.25, -0.2) is 4.79 Å². The van der Waals surface area contributed by atoms with Crippen molar-refractivity contribution < 1.29 is 23.0 Å². The molecular formula is C42H67FN2O6Si. The summed E-state index contributed by atoms with van der Waals surface area (Å²) in [5, 5.41) is -0.00414. The molecule has 8 nitrogen and oxygen atoms in total. The first-order chi connectivity index (χ1) is 24.4. The topological polar surface area (TPSA) is 80.9 Å². The minimum atomic E-state index is -2.14. The smallest absolute Gasteiger partial charge is 0.333 e. The van der Waals surface area contributed by atoms with E-state index in [0.29, 0.717) is 30.6 Å². The SMILES string of the molecule is CCCC1(CCC)OC2[C@@H](CO[Si](C)(C)C(C)(C)C)O[C@@H](n3cc(F)c(=O)n(CC4CC[C@]5(C)[C@H]6CCC(C(C)C)=CC6=CC[C@H]5[C@H]4C)c3=O)[C@H]2O1. The van der Waals surface area contributed by atoms with Gasteiger partial charge in [0, 0.05) is 19.4 Å².